The molecule has 8 heteroatoms. The van der Waals surface area contributed by atoms with Crippen LogP contribution in [0.25, 0.3) is 0 Å². The second-order valence-electron chi connectivity index (χ2n) is 52.3. The highest BCUT2D eigenvalue weighted by Gasteiger charge is 2.73. The largest absolute Gasteiger partial charge is 0.378 e. The van der Waals surface area contributed by atoms with Gasteiger partial charge in [-0.2, -0.15) is 0 Å². The minimum Gasteiger partial charge on any atom is -0.378 e. The number of hydrogen-bond acceptors (Lipinski definition) is 8. The minimum atomic E-state index is 0.464. The van der Waals surface area contributed by atoms with Crippen molar-refractivity contribution in [2.75, 3.05) is 26.4 Å². The molecule has 0 saturated heterocycles. The van der Waals surface area contributed by atoms with Crippen LogP contribution in [0.15, 0.2) is 0 Å². The highest BCUT2D eigenvalue weighted by atomic mass is 16.5. The maximum absolute atomic E-state index is 7.26. The number of unbranched alkanes of at least 4 members (excludes halogenated alkanes) is 20. The second-order valence-corrected chi connectivity index (χ2v) is 52.3. The van der Waals surface area contributed by atoms with Gasteiger partial charge in [0, 0.05) is 98.9 Å². The van der Waals surface area contributed by atoms with Crippen LogP contribution in [0.4, 0.5) is 0 Å². The van der Waals surface area contributed by atoms with Crippen LogP contribution in [-0.2, 0) is 18.9 Å². The molecular formula is C120H210N4O4. The molecule has 0 N–H and O–H groups in total. The van der Waals surface area contributed by atoms with E-state index in [-0.39, 0.29) is 0 Å². The molecule has 734 valence electrons. The number of hydrogen-bond donors (Lipinski definition) is 0. The molecule has 20 rings (SSSR count). The van der Waals surface area contributed by atoms with Crippen LogP contribution in [0.2, 0.25) is 0 Å². The van der Waals surface area contributed by atoms with Gasteiger partial charge >= 0.3 is 0 Å². The first-order valence-electron chi connectivity index (χ1n) is 60.4. The lowest BCUT2D eigenvalue weighted by atomic mass is 9.33. The van der Waals surface area contributed by atoms with Crippen LogP contribution >= 0.6 is 0 Å². The molecule has 0 radical (unpaired) electrons. The summed E-state index contributed by atoms with van der Waals surface area (Å²) < 4.78 is 29.0. The highest BCUT2D eigenvalue weighted by Crippen LogP contribution is 2.77. The molecular weight excluding hydrogens is 1560 g/mol. The Balaban J connectivity index is 0.808. The molecule has 12 unspecified atom stereocenters. The summed E-state index contributed by atoms with van der Waals surface area (Å²) in [5, 5.41) is 0. The molecule has 0 aromatic rings. The van der Waals surface area contributed by atoms with Gasteiger partial charge in [-0.15, -0.1) is 0 Å². The van der Waals surface area contributed by atoms with Crippen LogP contribution in [0.1, 0.15) is 518 Å². The van der Waals surface area contributed by atoms with Crippen molar-refractivity contribution in [3.63, 3.8) is 0 Å². The Morgan fingerprint density at radius 2 is 0.398 bits per heavy atom. The van der Waals surface area contributed by atoms with Crippen molar-refractivity contribution in [3.8, 4) is 0 Å². The smallest absolute Gasteiger partial charge is 0.0576 e. The summed E-state index contributed by atoms with van der Waals surface area (Å²) >= 11 is 0. The standard InChI is InChI=1S/C120H210N4O4/c1-9-13-17-21-25-29-65-125-103-57-49-99(50-58-103)121(95-41-33-85(5)34-42-95)111-77-113(123(97-45-37-87(7)38-46-97)101-53-61-105(62-54-101)127-67-31-27-23-19-15-11-3)117-110(120-82-92-72-93(83-120)74-94(73-92)84-120)76-108-112(122(96-43-35-86(6)36-44-96)100-51-59-104(60-52-100)126-66-30-26-22-18-14-10-2)78-114(118-109(75-107(111)115(117)116(108)118)119-79-89-69-90(80-119)71-91(70-89)81-119)124(98-47-39-88(8)40-48-98)102-55-63-106(64-56-102)128-68-32-28-24-20-16-12-4/h85-118H,9-84H2,1-8H3. The summed E-state index contributed by atoms with van der Waals surface area (Å²) in [6.45, 7) is 24.4. The molecule has 0 aromatic carbocycles. The van der Waals surface area contributed by atoms with Gasteiger partial charge in [0.05, 0.1) is 24.4 Å². The topological polar surface area (TPSA) is 49.9 Å². The SMILES string of the molecule is CCCCCCCCOC1CCC(N(C2CCC(C)CC2)C2CC(N(C3CCC(C)CC3)C3CCC(OCCCCCCCC)CC3)C3C4C2CC(C25CC6CC(CC(C6)C2)C5)C2C4C(CC3C34CC5CC(CC(C5)C3)C4)C(N(C3CCC(C)CC3)C3CCC(OCCCCCCCC)CC3)CC2N(C2CCC(C)CC2)C2CCC(OCCCCCCCC)CC2)CC1. The first-order valence-corrected chi connectivity index (χ1v) is 60.4. The van der Waals surface area contributed by atoms with Gasteiger partial charge in [0.25, 0.3) is 0 Å². The molecule has 0 heterocycles. The molecule has 20 aliphatic carbocycles. The zero-order chi connectivity index (χ0) is 87.5. The van der Waals surface area contributed by atoms with E-state index >= 15 is 0 Å². The van der Waals surface area contributed by atoms with E-state index < -0.39 is 0 Å². The van der Waals surface area contributed by atoms with E-state index in [1.807, 2.05) is 0 Å². The highest BCUT2D eigenvalue weighted by molar-refractivity contribution is 5.24. The molecule has 20 saturated carbocycles. The lowest BCUT2D eigenvalue weighted by Crippen LogP contribution is -2.76. The van der Waals surface area contributed by atoms with Crippen LogP contribution < -0.4 is 0 Å². The Kier molecular flexibility index (Phi) is 36.2. The van der Waals surface area contributed by atoms with Gasteiger partial charge in [-0.05, 0) is 451 Å². The Bertz CT molecular complexity index is 2870. The maximum atomic E-state index is 7.26. The average Bonchev–Trinajstić information content (AvgIpc) is 0.671. The lowest BCUT2D eigenvalue weighted by molar-refractivity contribution is -0.264. The van der Waals surface area contributed by atoms with Gasteiger partial charge in [0.15, 0.2) is 0 Å². The third kappa shape index (κ3) is 23.3. The van der Waals surface area contributed by atoms with Crippen LogP contribution in [0, 0.1) is 117 Å². The first kappa shape index (κ1) is 97.9. The third-order valence-electron chi connectivity index (χ3n) is 43.7. The third-order valence-corrected chi connectivity index (χ3v) is 43.7. The predicted octanol–water partition coefficient (Wildman–Crippen LogP) is 31.7. The summed E-state index contributed by atoms with van der Waals surface area (Å²) in [6.07, 6.45) is 106. The van der Waals surface area contributed by atoms with E-state index in [4.69, 9.17) is 18.9 Å². The van der Waals surface area contributed by atoms with Gasteiger partial charge in [-0.25, -0.2) is 0 Å². The Morgan fingerprint density at radius 3 is 0.617 bits per heavy atom. The van der Waals surface area contributed by atoms with Gasteiger partial charge in [-0.1, -0.05) is 184 Å². The van der Waals surface area contributed by atoms with E-state index in [9.17, 15) is 0 Å². The number of ether oxygens (including phenoxy) is 4. The zero-order valence-corrected chi connectivity index (χ0v) is 85.8. The lowest BCUT2D eigenvalue weighted by Gasteiger charge is -2.75. The fraction of sp³-hybridized carbons (Fsp3) is 1.00. The number of nitrogens with zero attached hydrogens (tertiary/aromatic N) is 4. The monoisotopic (exact) mass is 1770 g/mol. The zero-order valence-electron chi connectivity index (χ0n) is 85.8. The molecule has 128 heavy (non-hydrogen) atoms. The fourth-order valence-corrected chi connectivity index (χ4v) is 38.4. The minimum absolute atomic E-state index is 0.464. The maximum Gasteiger partial charge on any atom is 0.0576 e. The van der Waals surface area contributed by atoms with Crippen molar-refractivity contribution in [3.05, 3.63) is 0 Å². The van der Waals surface area contributed by atoms with Crippen molar-refractivity contribution in [2.24, 2.45) is 117 Å². The van der Waals surface area contributed by atoms with E-state index in [1.165, 1.54) is 372 Å². The van der Waals surface area contributed by atoms with Crippen molar-refractivity contribution >= 4 is 0 Å². The molecule has 20 aliphatic rings. The Labute approximate surface area is 792 Å². The van der Waals surface area contributed by atoms with Crippen molar-refractivity contribution in [1.82, 2.24) is 19.6 Å². The quantitative estimate of drug-likeness (QED) is 0.0559. The molecule has 8 nitrogen and oxygen atoms in total. The molecule has 0 aromatic heterocycles. The summed E-state index contributed by atoms with van der Waals surface area (Å²) in [5.41, 5.74) is 1.04. The Hall–Kier alpha value is -0.320. The van der Waals surface area contributed by atoms with E-state index in [2.05, 4.69) is 75.0 Å². The molecule has 0 aliphatic heterocycles. The number of rotatable bonds is 46. The summed E-state index contributed by atoms with van der Waals surface area (Å²) in [7, 11) is 0. The van der Waals surface area contributed by atoms with E-state index in [0.29, 0.717) is 83.6 Å². The van der Waals surface area contributed by atoms with Gasteiger partial charge in [0.2, 0.25) is 0 Å². The Morgan fingerprint density at radius 1 is 0.203 bits per heavy atom. The van der Waals surface area contributed by atoms with Crippen LogP contribution in [0.5, 0.6) is 0 Å². The predicted molar refractivity (Wildman–Crippen MR) is 537 cm³/mol. The summed E-state index contributed by atoms with van der Waals surface area (Å²) in [4.78, 5) is 15.1. The van der Waals surface area contributed by atoms with E-state index in [0.717, 1.165) is 157 Å². The molecule has 0 amide bonds. The van der Waals surface area contributed by atoms with Crippen molar-refractivity contribution in [2.45, 2.75) is 615 Å². The molecule has 12 atom stereocenters. The molecule has 8 bridgehead atoms. The molecule has 20 fully saturated rings. The summed E-state index contributed by atoms with van der Waals surface area (Å²) in [6, 6.07) is 8.59. The normalized spacial score (nSPS) is 44.7. The second kappa shape index (κ2) is 47.3. The van der Waals surface area contributed by atoms with Crippen LogP contribution in [-0.4, -0.2) is 143 Å². The van der Waals surface area contributed by atoms with Crippen LogP contribution in [0.3, 0.4) is 0 Å². The van der Waals surface area contributed by atoms with Crippen molar-refractivity contribution in [1.29, 1.82) is 0 Å². The first-order chi connectivity index (χ1) is 62.8. The van der Waals surface area contributed by atoms with Crippen molar-refractivity contribution < 1.29 is 18.9 Å². The average molecular weight is 1770 g/mol. The van der Waals surface area contributed by atoms with Gasteiger partial charge < -0.3 is 18.9 Å². The fourth-order valence-electron chi connectivity index (χ4n) is 38.4. The van der Waals surface area contributed by atoms with Gasteiger partial charge in [0.1, 0.15) is 0 Å². The summed E-state index contributed by atoms with van der Waals surface area (Å²) in [5.74, 6) is 16.2. The van der Waals surface area contributed by atoms with E-state index in [1.54, 1.807) is 89.9 Å². The van der Waals surface area contributed by atoms with Gasteiger partial charge in [-0.3, -0.25) is 19.6 Å². The molecule has 0 spiro atoms.